The molecule has 0 fully saturated rings. The lowest BCUT2D eigenvalue weighted by Gasteiger charge is -2.12. The van der Waals surface area contributed by atoms with Gasteiger partial charge in [-0.15, -0.1) is 0 Å². The first-order valence-corrected chi connectivity index (χ1v) is 4.48. The number of amides is 2. The summed E-state index contributed by atoms with van der Waals surface area (Å²) >= 11 is 0. The van der Waals surface area contributed by atoms with E-state index in [-0.39, 0.29) is 6.54 Å². The maximum Gasteiger partial charge on any atom is 0.326 e. The summed E-state index contributed by atoms with van der Waals surface area (Å²) in [7, 11) is 0. The van der Waals surface area contributed by atoms with Gasteiger partial charge in [-0.25, -0.2) is 4.79 Å². The van der Waals surface area contributed by atoms with Crippen molar-refractivity contribution in [2.24, 2.45) is 5.73 Å². The van der Waals surface area contributed by atoms with Crippen LogP contribution >= 0.6 is 0 Å². The van der Waals surface area contributed by atoms with Crippen molar-refractivity contribution in [3.63, 3.8) is 0 Å². The highest BCUT2D eigenvalue weighted by Gasteiger charge is 2.21. The fourth-order valence-electron chi connectivity index (χ4n) is 0.885. The first-order valence-electron chi connectivity index (χ1n) is 4.48. The van der Waals surface area contributed by atoms with Crippen LogP contribution in [0.1, 0.15) is 13.3 Å². The van der Waals surface area contributed by atoms with Gasteiger partial charge in [-0.3, -0.25) is 9.59 Å². The highest BCUT2D eigenvalue weighted by atomic mass is 16.4. The van der Waals surface area contributed by atoms with Crippen molar-refractivity contribution in [1.82, 2.24) is 10.6 Å². The number of likely N-dealkylation sites (N-methyl/N-ethyl adjacent to an activating group) is 1. The van der Waals surface area contributed by atoms with Crippen LogP contribution in [0, 0.1) is 0 Å². The van der Waals surface area contributed by atoms with Gasteiger partial charge in [0.1, 0.15) is 6.04 Å². The molecule has 2 amide bonds. The molecule has 5 N–H and O–H groups in total. The zero-order chi connectivity index (χ0) is 11.8. The van der Waals surface area contributed by atoms with E-state index in [1.807, 2.05) is 6.92 Å². The Balaban J connectivity index is 4.10. The first kappa shape index (κ1) is 13.4. The molecule has 0 unspecified atom stereocenters. The number of carboxylic acids is 1. The van der Waals surface area contributed by atoms with Gasteiger partial charge in [0, 0.05) is 0 Å². The molecule has 0 spiro atoms. The van der Waals surface area contributed by atoms with E-state index in [4.69, 9.17) is 10.8 Å². The van der Waals surface area contributed by atoms with Crippen molar-refractivity contribution in [2.45, 2.75) is 19.4 Å². The van der Waals surface area contributed by atoms with Gasteiger partial charge in [0.25, 0.3) is 0 Å². The summed E-state index contributed by atoms with van der Waals surface area (Å²) in [6.45, 7) is 2.42. The van der Waals surface area contributed by atoms with E-state index in [1.54, 1.807) is 0 Å². The Morgan fingerprint density at radius 3 is 2.40 bits per heavy atom. The molecule has 0 aliphatic carbocycles. The molecule has 0 heterocycles. The molecule has 0 bridgehead atoms. The van der Waals surface area contributed by atoms with E-state index in [1.165, 1.54) is 0 Å². The first-order chi connectivity index (χ1) is 6.97. The standard InChI is InChI=1S/C8H15N3O4/c1-2-10-4-7(13)11-5(8(14)15)3-6(9)12/h5,10H,2-4H2,1H3,(H2,9,12)(H,11,13)(H,14,15)/t5-/m1/s1. The lowest BCUT2D eigenvalue weighted by atomic mass is 10.2. The van der Waals surface area contributed by atoms with E-state index in [0.717, 1.165) is 0 Å². The van der Waals surface area contributed by atoms with Crippen LogP contribution in [0.15, 0.2) is 0 Å². The zero-order valence-electron chi connectivity index (χ0n) is 8.45. The molecule has 7 heteroatoms. The van der Waals surface area contributed by atoms with Crippen LogP contribution in [0.5, 0.6) is 0 Å². The number of carbonyl (C=O) groups excluding carboxylic acids is 2. The lowest BCUT2D eigenvalue weighted by Crippen LogP contribution is -2.46. The number of nitrogens with one attached hydrogen (secondary N) is 2. The second kappa shape index (κ2) is 6.77. The second-order valence-electron chi connectivity index (χ2n) is 2.91. The predicted molar refractivity (Wildman–Crippen MR) is 51.9 cm³/mol. The van der Waals surface area contributed by atoms with Crippen LogP contribution in [0.3, 0.4) is 0 Å². The predicted octanol–water partition coefficient (Wildman–Crippen LogP) is -1.96. The number of carbonyl (C=O) groups is 3. The quantitative estimate of drug-likeness (QED) is 0.394. The Hall–Kier alpha value is -1.63. The van der Waals surface area contributed by atoms with E-state index in [0.29, 0.717) is 6.54 Å². The second-order valence-corrected chi connectivity index (χ2v) is 2.91. The maximum absolute atomic E-state index is 11.1. The van der Waals surface area contributed by atoms with Crippen LogP contribution in [0.25, 0.3) is 0 Å². The van der Waals surface area contributed by atoms with E-state index >= 15 is 0 Å². The SMILES string of the molecule is CCNCC(=O)N[C@H](CC(N)=O)C(=O)O. The number of hydrogen-bond donors (Lipinski definition) is 4. The minimum atomic E-state index is -1.28. The third-order valence-electron chi connectivity index (χ3n) is 1.57. The Labute approximate surface area is 87.0 Å². The third-order valence-corrected chi connectivity index (χ3v) is 1.57. The smallest absolute Gasteiger partial charge is 0.326 e. The largest absolute Gasteiger partial charge is 0.480 e. The van der Waals surface area contributed by atoms with Crippen molar-refractivity contribution in [3.05, 3.63) is 0 Å². The topological polar surface area (TPSA) is 122 Å². The number of nitrogens with two attached hydrogens (primary N) is 1. The monoisotopic (exact) mass is 217 g/mol. The number of hydrogen-bond acceptors (Lipinski definition) is 4. The van der Waals surface area contributed by atoms with Crippen molar-refractivity contribution < 1.29 is 19.5 Å². The molecule has 86 valence electrons. The Kier molecular flexibility index (Phi) is 6.03. The summed E-state index contributed by atoms with van der Waals surface area (Å²) in [5.74, 6) is -2.53. The van der Waals surface area contributed by atoms with Gasteiger partial charge in [-0.05, 0) is 6.54 Å². The van der Waals surface area contributed by atoms with Gasteiger partial charge in [0.15, 0.2) is 0 Å². The maximum atomic E-state index is 11.1. The highest BCUT2D eigenvalue weighted by molar-refractivity contribution is 5.88. The number of rotatable bonds is 7. The number of aliphatic carboxylic acids is 1. The molecule has 0 saturated heterocycles. The zero-order valence-corrected chi connectivity index (χ0v) is 8.45. The van der Waals surface area contributed by atoms with Gasteiger partial charge in [-0.1, -0.05) is 6.92 Å². The summed E-state index contributed by atoms with van der Waals surface area (Å²) < 4.78 is 0. The van der Waals surface area contributed by atoms with Crippen molar-refractivity contribution >= 4 is 17.8 Å². The van der Waals surface area contributed by atoms with Crippen molar-refractivity contribution in [1.29, 1.82) is 0 Å². The summed E-state index contributed by atoms with van der Waals surface area (Å²) in [5.41, 5.74) is 4.84. The Bertz CT molecular complexity index is 254. The normalized spacial score (nSPS) is 11.8. The molecule has 7 nitrogen and oxygen atoms in total. The molecule has 0 aromatic rings. The molecular formula is C8H15N3O4. The highest BCUT2D eigenvalue weighted by Crippen LogP contribution is 1.91. The van der Waals surface area contributed by atoms with Gasteiger partial charge < -0.3 is 21.5 Å². The summed E-state index contributed by atoms with van der Waals surface area (Å²) in [5, 5.41) is 13.6. The molecule has 0 aliphatic rings. The molecule has 15 heavy (non-hydrogen) atoms. The summed E-state index contributed by atoms with van der Waals surface area (Å²) in [6.07, 6.45) is -0.410. The van der Waals surface area contributed by atoms with Gasteiger partial charge in [-0.2, -0.15) is 0 Å². The van der Waals surface area contributed by atoms with Crippen molar-refractivity contribution in [3.8, 4) is 0 Å². The average Bonchev–Trinajstić information content (AvgIpc) is 2.12. The number of carboxylic acid groups (broad SMARTS) is 1. The number of primary amides is 1. The van der Waals surface area contributed by atoms with Gasteiger partial charge in [0.05, 0.1) is 13.0 Å². The van der Waals surface area contributed by atoms with Crippen LogP contribution < -0.4 is 16.4 Å². The van der Waals surface area contributed by atoms with Crippen molar-refractivity contribution in [2.75, 3.05) is 13.1 Å². The van der Waals surface area contributed by atoms with E-state index in [9.17, 15) is 14.4 Å². The van der Waals surface area contributed by atoms with Crippen LogP contribution in [0.2, 0.25) is 0 Å². The van der Waals surface area contributed by atoms with Gasteiger partial charge >= 0.3 is 5.97 Å². The summed E-state index contributed by atoms with van der Waals surface area (Å²) in [6, 6.07) is -1.26. The fraction of sp³-hybridized carbons (Fsp3) is 0.625. The minimum absolute atomic E-state index is 0.0129. The van der Waals surface area contributed by atoms with Crippen LogP contribution in [0.4, 0.5) is 0 Å². The molecule has 0 aliphatic heterocycles. The molecule has 0 aromatic carbocycles. The molecular weight excluding hydrogens is 202 g/mol. The molecule has 0 radical (unpaired) electrons. The molecule has 1 atom stereocenters. The minimum Gasteiger partial charge on any atom is -0.480 e. The van der Waals surface area contributed by atoms with Crippen LogP contribution in [-0.2, 0) is 14.4 Å². The molecule has 0 rings (SSSR count). The molecule has 0 aromatic heterocycles. The average molecular weight is 217 g/mol. The van der Waals surface area contributed by atoms with E-state index < -0.39 is 30.2 Å². The molecule has 0 saturated carbocycles. The Morgan fingerprint density at radius 2 is 2.00 bits per heavy atom. The van der Waals surface area contributed by atoms with Crippen LogP contribution in [-0.4, -0.2) is 42.0 Å². The third kappa shape index (κ3) is 6.44. The Morgan fingerprint density at radius 1 is 1.40 bits per heavy atom. The van der Waals surface area contributed by atoms with E-state index in [2.05, 4.69) is 10.6 Å². The van der Waals surface area contributed by atoms with Gasteiger partial charge in [0.2, 0.25) is 11.8 Å². The lowest BCUT2D eigenvalue weighted by molar-refractivity contribution is -0.143. The summed E-state index contributed by atoms with van der Waals surface area (Å²) in [4.78, 5) is 32.2. The fourth-order valence-corrected chi connectivity index (χ4v) is 0.885.